The second-order valence-electron chi connectivity index (χ2n) is 6.97. The smallest absolute Gasteiger partial charge is 0.244 e. The number of carbonyl (C=O) groups excluding carboxylic acids is 1. The lowest BCUT2D eigenvalue weighted by molar-refractivity contribution is -0.122. The Labute approximate surface area is 164 Å². The lowest BCUT2D eigenvalue weighted by atomic mass is 9.85. The van der Waals surface area contributed by atoms with E-state index in [9.17, 15) is 4.79 Å². The molecule has 1 saturated carbocycles. The summed E-state index contributed by atoms with van der Waals surface area (Å²) in [6.45, 7) is 0. The summed E-state index contributed by atoms with van der Waals surface area (Å²) < 4.78 is 5.21. The molecule has 4 nitrogen and oxygen atoms in total. The van der Waals surface area contributed by atoms with Crippen LogP contribution in [0.25, 0.3) is 0 Å². The molecule has 0 saturated heterocycles. The zero-order valence-corrected chi connectivity index (χ0v) is 15.7. The van der Waals surface area contributed by atoms with Crippen LogP contribution in [0.2, 0.25) is 0 Å². The van der Waals surface area contributed by atoms with Crippen LogP contribution >= 0.6 is 0 Å². The minimum atomic E-state index is -0.280. The number of rotatable bonds is 6. The van der Waals surface area contributed by atoms with Crippen LogP contribution in [0.3, 0.4) is 0 Å². The number of ether oxygens (including phenoxy) is 1. The van der Waals surface area contributed by atoms with E-state index in [4.69, 9.17) is 4.74 Å². The maximum Gasteiger partial charge on any atom is 0.244 e. The highest BCUT2D eigenvalue weighted by atomic mass is 16.5. The number of amides is 1. The first-order chi connectivity index (χ1) is 13.7. The summed E-state index contributed by atoms with van der Waals surface area (Å²) in [5.74, 6) is 0.552. The van der Waals surface area contributed by atoms with E-state index < -0.39 is 0 Å². The maximum absolute atomic E-state index is 12.8. The van der Waals surface area contributed by atoms with Gasteiger partial charge >= 0.3 is 0 Å². The molecule has 0 bridgehead atoms. The molecule has 1 fully saturated rings. The molecule has 0 spiro atoms. The topological polar surface area (TPSA) is 50.7 Å². The molecule has 140 valence electrons. The normalized spacial score (nSPS) is 17.2. The summed E-state index contributed by atoms with van der Waals surface area (Å²) in [4.78, 5) is 12.8. The van der Waals surface area contributed by atoms with Crippen LogP contribution in [-0.2, 0) is 10.2 Å². The Balaban J connectivity index is 1.52. The molecule has 0 aliphatic heterocycles. The molecular formula is C24H22N2O2. The molecule has 4 rings (SSSR count). The molecule has 1 atom stereocenters. The predicted molar refractivity (Wildman–Crippen MR) is 111 cm³/mol. The monoisotopic (exact) mass is 370 g/mol. The number of hydrogen-bond acceptors (Lipinski definition) is 3. The second-order valence-corrected chi connectivity index (χ2v) is 6.97. The Morgan fingerprint density at radius 2 is 1.64 bits per heavy atom. The summed E-state index contributed by atoms with van der Waals surface area (Å²) in [6.07, 6.45) is 2.41. The molecule has 3 aromatic carbocycles. The van der Waals surface area contributed by atoms with E-state index >= 15 is 0 Å². The number of nitrogens with one attached hydrogen (secondary N) is 1. The van der Waals surface area contributed by atoms with Crippen molar-refractivity contribution in [3.63, 3.8) is 0 Å². The van der Waals surface area contributed by atoms with Gasteiger partial charge in [0.05, 0.1) is 19.2 Å². The van der Waals surface area contributed by atoms with Gasteiger partial charge in [-0.1, -0.05) is 72.8 Å². The van der Waals surface area contributed by atoms with Crippen molar-refractivity contribution in [3.05, 3.63) is 102 Å². The van der Waals surface area contributed by atoms with Crippen LogP contribution in [0.1, 0.15) is 23.1 Å². The Kier molecular flexibility index (Phi) is 4.94. The minimum Gasteiger partial charge on any atom is -0.497 e. The number of carbonyl (C=O) groups is 1. The van der Waals surface area contributed by atoms with Crippen molar-refractivity contribution in [1.29, 1.82) is 0 Å². The van der Waals surface area contributed by atoms with Gasteiger partial charge in [0.2, 0.25) is 5.91 Å². The van der Waals surface area contributed by atoms with Gasteiger partial charge < -0.3 is 4.74 Å². The van der Waals surface area contributed by atoms with Crippen LogP contribution in [0.4, 0.5) is 0 Å². The second kappa shape index (κ2) is 7.69. The highest BCUT2D eigenvalue weighted by Gasteiger charge is 2.60. The Morgan fingerprint density at radius 3 is 2.25 bits per heavy atom. The van der Waals surface area contributed by atoms with E-state index in [1.807, 2.05) is 60.7 Å². The Bertz CT molecular complexity index is 944. The number of nitrogens with zero attached hydrogens (tertiary/aromatic N) is 1. The van der Waals surface area contributed by atoms with Crippen molar-refractivity contribution < 1.29 is 9.53 Å². The number of hydrazone groups is 1. The average molecular weight is 370 g/mol. The molecule has 1 unspecified atom stereocenters. The first-order valence-corrected chi connectivity index (χ1v) is 9.32. The molecule has 28 heavy (non-hydrogen) atoms. The lowest BCUT2D eigenvalue weighted by Gasteiger charge is -2.18. The van der Waals surface area contributed by atoms with Crippen LogP contribution in [-0.4, -0.2) is 19.2 Å². The first-order valence-electron chi connectivity index (χ1n) is 9.32. The van der Waals surface area contributed by atoms with E-state index in [-0.39, 0.29) is 17.2 Å². The van der Waals surface area contributed by atoms with Gasteiger partial charge in [-0.05, 0) is 35.2 Å². The fourth-order valence-corrected chi connectivity index (χ4v) is 3.83. The van der Waals surface area contributed by atoms with E-state index in [0.717, 1.165) is 28.9 Å². The SMILES string of the molecule is COc1cccc(/C=N/NC(=O)C2CC2(c2ccccc2)c2ccccc2)c1. The highest BCUT2D eigenvalue weighted by Crippen LogP contribution is 2.58. The number of benzene rings is 3. The number of methoxy groups -OCH3 is 1. The standard InChI is InChI=1S/C24H22N2O2/c1-28-21-14-8-9-18(15-21)17-25-26-23(27)22-16-24(22,19-10-4-2-5-11-19)20-12-6-3-7-13-20/h2-15,17,22H,16H2,1H3,(H,26,27)/b25-17+. The molecule has 0 radical (unpaired) electrons. The van der Waals surface area contributed by atoms with Crippen LogP contribution in [0, 0.1) is 5.92 Å². The van der Waals surface area contributed by atoms with Crippen LogP contribution < -0.4 is 10.2 Å². The maximum atomic E-state index is 12.8. The van der Waals surface area contributed by atoms with E-state index in [1.165, 1.54) is 0 Å². The summed E-state index contributed by atoms with van der Waals surface area (Å²) in [5.41, 5.74) is 5.63. The van der Waals surface area contributed by atoms with Gasteiger partial charge in [-0.15, -0.1) is 0 Å². The molecule has 0 aromatic heterocycles. The third kappa shape index (κ3) is 3.41. The largest absolute Gasteiger partial charge is 0.497 e. The summed E-state index contributed by atoms with van der Waals surface area (Å²) in [7, 11) is 1.62. The molecule has 1 aliphatic rings. The van der Waals surface area contributed by atoms with Gasteiger partial charge in [0.1, 0.15) is 5.75 Å². The molecular weight excluding hydrogens is 348 g/mol. The van der Waals surface area contributed by atoms with E-state index in [2.05, 4.69) is 34.8 Å². The van der Waals surface area contributed by atoms with Gasteiger partial charge in [0.25, 0.3) is 0 Å². The van der Waals surface area contributed by atoms with Crippen LogP contribution in [0.15, 0.2) is 90.0 Å². The van der Waals surface area contributed by atoms with Gasteiger partial charge in [0.15, 0.2) is 0 Å². The average Bonchev–Trinajstić information content (AvgIpc) is 3.52. The zero-order chi connectivity index (χ0) is 19.4. The first kappa shape index (κ1) is 18.0. The van der Waals surface area contributed by atoms with Gasteiger partial charge in [-0.25, -0.2) is 5.43 Å². The van der Waals surface area contributed by atoms with Gasteiger partial charge in [-0.2, -0.15) is 5.10 Å². The van der Waals surface area contributed by atoms with E-state index in [0.29, 0.717) is 0 Å². The molecule has 0 heterocycles. The molecule has 1 N–H and O–H groups in total. The molecule has 3 aromatic rings. The third-order valence-corrected chi connectivity index (χ3v) is 5.34. The van der Waals surface area contributed by atoms with Crippen molar-refractivity contribution in [3.8, 4) is 5.75 Å². The third-order valence-electron chi connectivity index (χ3n) is 5.34. The summed E-state index contributed by atoms with van der Waals surface area (Å²) >= 11 is 0. The van der Waals surface area contributed by atoms with Crippen molar-refractivity contribution in [2.45, 2.75) is 11.8 Å². The Morgan fingerprint density at radius 1 is 1.00 bits per heavy atom. The van der Waals surface area contributed by atoms with Crippen molar-refractivity contribution in [1.82, 2.24) is 5.43 Å². The van der Waals surface area contributed by atoms with Gasteiger partial charge in [0, 0.05) is 5.41 Å². The van der Waals surface area contributed by atoms with Crippen molar-refractivity contribution >= 4 is 12.1 Å². The fraction of sp³-hybridized carbons (Fsp3) is 0.167. The zero-order valence-electron chi connectivity index (χ0n) is 15.7. The summed E-state index contributed by atoms with van der Waals surface area (Å²) in [5, 5.41) is 4.15. The van der Waals surface area contributed by atoms with Crippen molar-refractivity contribution in [2.75, 3.05) is 7.11 Å². The molecule has 1 amide bonds. The predicted octanol–water partition coefficient (Wildman–Crippen LogP) is 4.15. The molecule has 1 aliphatic carbocycles. The van der Waals surface area contributed by atoms with E-state index in [1.54, 1.807) is 13.3 Å². The van der Waals surface area contributed by atoms with Gasteiger partial charge in [-0.3, -0.25) is 4.79 Å². The highest BCUT2D eigenvalue weighted by molar-refractivity contribution is 5.87. The Hall–Kier alpha value is -3.40. The fourth-order valence-electron chi connectivity index (χ4n) is 3.83. The lowest BCUT2D eigenvalue weighted by Crippen LogP contribution is -2.25. The molecule has 4 heteroatoms. The van der Waals surface area contributed by atoms with Crippen molar-refractivity contribution in [2.24, 2.45) is 11.0 Å². The van der Waals surface area contributed by atoms with Crippen LogP contribution in [0.5, 0.6) is 5.75 Å². The quantitative estimate of drug-likeness (QED) is 0.523. The minimum absolute atomic E-state index is 0.0631. The number of hydrogen-bond donors (Lipinski definition) is 1. The summed E-state index contributed by atoms with van der Waals surface area (Å²) in [6, 6.07) is 28.0.